The maximum absolute atomic E-state index is 9.03. The van der Waals surface area contributed by atoms with Crippen molar-refractivity contribution in [2.45, 2.75) is 38.5 Å². The zero-order chi connectivity index (χ0) is 12.3. The molecule has 0 unspecified atom stereocenters. The normalized spacial score (nSPS) is 17.1. The molecule has 0 aliphatic carbocycles. The van der Waals surface area contributed by atoms with E-state index < -0.39 is 0 Å². The van der Waals surface area contributed by atoms with Crippen LogP contribution >= 0.6 is 0 Å². The molecule has 2 heteroatoms. The molecule has 0 spiro atoms. The summed E-state index contributed by atoms with van der Waals surface area (Å²) in [6.45, 7) is 6.65. The Balaban J connectivity index is 2.37. The third-order valence-electron chi connectivity index (χ3n) is 3.62. The zero-order valence-corrected chi connectivity index (χ0v) is 10.7. The molecule has 90 valence electrons. The number of hydrogen-bond acceptors (Lipinski definition) is 2. The second kappa shape index (κ2) is 5.33. The molecule has 1 aliphatic rings. The van der Waals surface area contributed by atoms with Crippen LogP contribution in [0.25, 0.3) is 0 Å². The minimum Gasteiger partial charge on any atom is -0.317 e. The van der Waals surface area contributed by atoms with Crippen LogP contribution in [-0.2, 0) is 0 Å². The minimum atomic E-state index is 0.535. The summed E-state index contributed by atoms with van der Waals surface area (Å²) in [6, 6.07) is 8.44. The van der Waals surface area contributed by atoms with Crippen LogP contribution < -0.4 is 5.32 Å². The Kier molecular flexibility index (Phi) is 3.81. The first kappa shape index (κ1) is 12.1. The predicted molar refractivity (Wildman–Crippen MR) is 70.1 cm³/mol. The van der Waals surface area contributed by atoms with Gasteiger partial charge in [-0.15, -0.1) is 0 Å². The fraction of sp³-hybridized carbons (Fsp3) is 0.533. The first-order valence-electron chi connectivity index (χ1n) is 6.47. The van der Waals surface area contributed by atoms with Gasteiger partial charge < -0.3 is 5.32 Å². The fourth-order valence-electron chi connectivity index (χ4n) is 2.66. The van der Waals surface area contributed by atoms with Gasteiger partial charge in [0.25, 0.3) is 0 Å². The molecule has 17 heavy (non-hydrogen) atoms. The van der Waals surface area contributed by atoms with Gasteiger partial charge in [-0.25, -0.2) is 0 Å². The summed E-state index contributed by atoms with van der Waals surface area (Å²) in [5.41, 5.74) is 3.61. The van der Waals surface area contributed by atoms with Gasteiger partial charge in [0.1, 0.15) is 0 Å². The van der Waals surface area contributed by atoms with E-state index in [1.807, 2.05) is 6.07 Å². The van der Waals surface area contributed by atoms with Crippen LogP contribution in [0.2, 0.25) is 0 Å². The van der Waals surface area contributed by atoms with Crippen LogP contribution in [0, 0.1) is 11.3 Å². The van der Waals surface area contributed by atoms with Gasteiger partial charge in [0.2, 0.25) is 0 Å². The Morgan fingerprint density at radius 3 is 2.59 bits per heavy atom. The Morgan fingerprint density at radius 2 is 2.00 bits per heavy atom. The lowest BCUT2D eigenvalue weighted by molar-refractivity contribution is 0.457. The molecule has 1 aliphatic heterocycles. The molecule has 0 bridgehead atoms. The van der Waals surface area contributed by atoms with Gasteiger partial charge in [-0.05, 0) is 61.0 Å². The topological polar surface area (TPSA) is 35.8 Å². The van der Waals surface area contributed by atoms with Gasteiger partial charge in [0.15, 0.2) is 0 Å². The zero-order valence-electron chi connectivity index (χ0n) is 10.7. The quantitative estimate of drug-likeness (QED) is 0.844. The lowest BCUT2D eigenvalue weighted by Gasteiger charge is -2.26. The van der Waals surface area contributed by atoms with E-state index in [4.69, 9.17) is 5.26 Å². The lowest BCUT2D eigenvalue weighted by atomic mass is 9.83. The summed E-state index contributed by atoms with van der Waals surface area (Å²) in [5.74, 6) is 1.16. The molecule has 0 atom stereocenters. The van der Waals surface area contributed by atoms with E-state index in [1.54, 1.807) is 0 Å². The average Bonchev–Trinajstić information content (AvgIpc) is 2.39. The third-order valence-corrected chi connectivity index (χ3v) is 3.62. The standard InChI is InChI=1S/C15H20N2/c1-11(2)14-4-3-12(10-16)9-15(14)13-5-7-17-8-6-13/h3-4,9,11,13,17H,5-8H2,1-2H3. The van der Waals surface area contributed by atoms with Crippen molar-refractivity contribution >= 4 is 0 Å². The molecule has 1 fully saturated rings. The number of nitriles is 1. The maximum atomic E-state index is 9.03. The number of benzene rings is 1. The first-order valence-corrected chi connectivity index (χ1v) is 6.47. The molecule has 0 saturated carbocycles. The van der Waals surface area contributed by atoms with Crippen molar-refractivity contribution in [2.75, 3.05) is 13.1 Å². The van der Waals surface area contributed by atoms with Crippen LogP contribution in [0.4, 0.5) is 0 Å². The second-order valence-electron chi connectivity index (χ2n) is 5.13. The molecule has 1 N–H and O–H groups in total. The van der Waals surface area contributed by atoms with Gasteiger partial charge in [-0.2, -0.15) is 5.26 Å². The molecule has 0 aromatic heterocycles. The summed E-state index contributed by atoms with van der Waals surface area (Å²) in [7, 11) is 0. The van der Waals surface area contributed by atoms with E-state index in [2.05, 4.69) is 37.4 Å². The second-order valence-corrected chi connectivity index (χ2v) is 5.13. The fourth-order valence-corrected chi connectivity index (χ4v) is 2.66. The van der Waals surface area contributed by atoms with Crippen LogP contribution in [0.15, 0.2) is 18.2 Å². The minimum absolute atomic E-state index is 0.535. The molecule has 1 aromatic rings. The molecule has 1 aromatic carbocycles. The van der Waals surface area contributed by atoms with E-state index in [1.165, 1.54) is 24.0 Å². The van der Waals surface area contributed by atoms with Crippen molar-refractivity contribution in [2.24, 2.45) is 0 Å². The summed E-state index contributed by atoms with van der Waals surface area (Å²) in [5, 5.41) is 12.4. The molecule has 1 saturated heterocycles. The predicted octanol–water partition coefficient (Wildman–Crippen LogP) is 3.15. The van der Waals surface area contributed by atoms with Crippen molar-refractivity contribution in [3.05, 3.63) is 34.9 Å². The Morgan fingerprint density at radius 1 is 1.29 bits per heavy atom. The number of rotatable bonds is 2. The number of nitrogens with one attached hydrogen (secondary N) is 1. The Bertz CT molecular complexity index is 423. The number of hydrogen-bond donors (Lipinski definition) is 1. The van der Waals surface area contributed by atoms with Crippen LogP contribution in [0.3, 0.4) is 0 Å². The lowest BCUT2D eigenvalue weighted by Crippen LogP contribution is -2.27. The van der Waals surface area contributed by atoms with Gasteiger partial charge in [0.05, 0.1) is 11.6 Å². The first-order chi connectivity index (χ1) is 8.22. The van der Waals surface area contributed by atoms with Crippen molar-refractivity contribution in [1.29, 1.82) is 5.26 Å². The average molecular weight is 228 g/mol. The van der Waals surface area contributed by atoms with Gasteiger partial charge in [-0.1, -0.05) is 19.9 Å². The molecular weight excluding hydrogens is 208 g/mol. The van der Waals surface area contributed by atoms with Gasteiger partial charge >= 0.3 is 0 Å². The smallest absolute Gasteiger partial charge is 0.0991 e. The van der Waals surface area contributed by atoms with Crippen molar-refractivity contribution in [1.82, 2.24) is 5.32 Å². The van der Waals surface area contributed by atoms with Crippen molar-refractivity contribution < 1.29 is 0 Å². The Labute approximate surface area is 104 Å². The van der Waals surface area contributed by atoms with E-state index in [9.17, 15) is 0 Å². The molecule has 2 nitrogen and oxygen atoms in total. The highest BCUT2D eigenvalue weighted by Gasteiger charge is 2.19. The highest BCUT2D eigenvalue weighted by molar-refractivity contribution is 5.41. The largest absolute Gasteiger partial charge is 0.317 e. The maximum Gasteiger partial charge on any atom is 0.0991 e. The van der Waals surface area contributed by atoms with Crippen LogP contribution in [-0.4, -0.2) is 13.1 Å². The van der Waals surface area contributed by atoms with E-state index in [0.717, 1.165) is 18.7 Å². The summed E-state index contributed by atoms with van der Waals surface area (Å²) in [6.07, 6.45) is 2.38. The van der Waals surface area contributed by atoms with Crippen molar-refractivity contribution in [3.8, 4) is 6.07 Å². The molecular formula is C15H20N2. The van der Waals surface area contributed by atoms with Crippen molar-refractivity contribution in [3.63, 3.8) is 0 Å². The summed E-state index contributed by atoms with van der Waals surface area (Å²) >= 11 is 0. The van der Waals surface area contributed by atoms with Gasteiger partial charge in [-0.3, -0.25) is 0 Å². The van der Waals surface area contributed by atoms with Crippen LogP contribution in [0.1, 0.15) is 55.2 Å². The van der Waals surface area contributed by atoms with E-state index in [-0.39, 0.29) is 0 Å². The number of nitrogens with zero attached hydrogens (tertiary/aromatic N) is 1. The molecule has 0 radical (unpaired) electrons. The summed E-state index contributed by atoms with van der Waals surface area (Å²) < 4.78 is 0. The van der Waals surface area contributed by atoms with E-state index >= 15 is 0 Å². The third kappa shape index (κ3) is 2.68. The SMILES string of the molecule is CC(C)c1ccc(C#N)cc1C1CCNCC1. The summed E-state index contributed by atoms with van der Waals surface area (Å²) in [4.78, 5) is 0. The Hall–Kier alpha value is -1.33. The molecule has 2 rings (SSSR count). The molecule has 0 amide bonds. The molecule has 1 heterocycles. The van der Waals surface area contributed by atoms with Crippen LogP contribution in [0.5, 0.6) is 0 Å². The van der Waals surface area contributed by atoms with E-state index in [0.29, 0.717) is 11.8 Å². The highest BCUT2D eigenvalue weighted by Crippen LogP contribution is 2.32. The van der Waals surface area contributed by atoms with Gasteiger partial charge in [0, 0.05) is 0 Å². The monoisotopic (exact) mass is 228 g/mol. The number of piperidine rings is 1. The highest BCUT2D eigenvalue weighted by atomic mass is 14.9.